The highest BCUT2D eigenvalue weighted by atomic mass is 35.5. The first kappa shape index (κ1) is 13.2. The van der Waals surface area contributed by atoms with Crippen molar-refractivity contribution in [2.45, 2.75) is 31.3 Å². The van der Waals surface area contributed by atoms with E-state index in [9.17, 15) is 8.42 Å². The molecule has 0 aliphatic heterocycles. The molecule has 0 aromatic carbocycles. The molecule has 0 heterocycles. The van der Waals surface area contributed by atoms with Crippen LogP contribution in [0, 0.1) is 0 Å². The van der Waals surface area contributed by atoms with Crippen LogP contribution < -0.4 is 4.72 Å². The Balaban J connectivity index is 2.35. The van der Waals surface area contributed by atoms with Crippen molar-refractivity contribution in [3.05, 3.63) is 0 Å². The van der Waals surface area contributed by atoms with Crippen molar-refractivity contribution in [3.63, 3.8) is 0 Å². The van der Waals surface area contributed by atoms with Crippen LogP contribution in [0.15, 0.2) is 0 Å². The number of hydrogen-bond acceptors (Lipinski definition) is 3. The predicted molar refractivity (Wildman–Crippen MR) is 60.7 cm³/mol. The fraction of sp³-hybridized carbons (Fsp3) is 1.00. The molecular formula is C9H18ClNO3S. The lowest BCUT2D eigenvalue weighted by molar-refractivity contribution is -0.0659. The maximum Gasteiger partial charge on any atom is 0.211 e. The number of ether oxygens (including phenoxy) is 1. The summed E-state index contributed by atoms with van der Waals surface area (Å²) in [5.41, 5.74) is -0.256. The third kappa shape index (κ3) is 3.90. The van der Waals surface area contributed by atoms with Crippen LogP contribution in [0.1, 0.15) is 25.7 Å². The Labute approximate surface area is 96.4 Å². The highest BCUT2D eigenvalue weighted by Crippen LogP contribution is 2.34. The van der Waals surface area contributed by atoms with Crippen molar-refractivity contribution in [2.24, 2.45) is 0 Å². The minimum Gasteiger partial charge on any atom is -0.377 e. The van der Waals surface area contributed by atoms with Crippen LogP contribution in [0.25, 0.3) is 0 Å². The minimum absolute atomic E-state index is 0.0935. The van der Waals surface area contributed by atoms with Gasteiger partial charge in [-0.2, -0.15) is 0 Å². The number of halogens is 1. The molecule has 15 heavy (non-hydrogen) atoms. The van der Waals surface area contributed by atoms with E-state index in [2.05, 4.69) is 4.72 Å². The molecule has 0 aromatic heterocycles. The van der Waals surface area contributed by atoms with Crippen LogP contribution in [-0.2, 0) is 14.8 Å². The Morgan fingerprint density at radius 3 is 2.53 bits per heavy atom. The number of sulfonamides is 1. The molecule has 0 unspecified atom stereocenters. The van der Waals surface area contributed by atoms with Gasteiger partial charge in [0.1, 0.15) is 0 Å². The molecule has 0 saturated heterocycles. The van der Waals surface area contributed by atoms with E-state index in [0.717, 1.165) is 19.3 Å². The molecule has 0 spiro atoms. The Kier molecular flexibility index (Phi) is 4.83. The fourth-order valence-electron chi connectivity index (χ4n) is 1.58. The maximum absolute atomic E-state index is 11.5. The summed E-state index contributed by atoms with van der Waals surface area (Å²) < 4.78 is 30.8. The maximum atomic E-state index is 11.5. The molecule has 1 rings (SSSR count). The van der Waals surface area contributed by atoms with Crippen LogP contribution in [0.2, 0.25) is 0 Å². The zero-order valence-electron chi connectivity index (χ0n) is 8.96. The molecule has 0 atom stereocenters. The molecule has 1 N–H and O–H groups in total. The van der Waals surface area contributed by atoms with E-state index in [1.54, 1.807) is 7.11 Å². The standard InChI is InChI=1S/C9H18ClNO3S/c1-14-9(4-2-5-9)8-11-15(12,13)7-3-6-10/h11H,2-8H2,1H3. The minimum atomic E-state index is -3.18. The first-order chi connectivity index (χ1) is 7.04. The van der Waals surface area contributed by atoms with Crippen molar-refractivity contribution in [1.29, 1.82) is 0 Å². The summed E-state index contributed by atoms with van der Waals surface area (Å²) >= 11 is 5.45. The van der Waals surface area contributed by atoms with Gasteiger partial charge in [0.15, 0.2) is 0 Å². The molecule has 1 saturated carbocycles. The largest absolute Gasteiger partial charge is 0.377 e. The average Bonchev–Trinajstić information content (AvgIpc) is 2.14. The lowest BCUT2D eigenvalue weighted by Crippen LogP contribution is -2.49. The quantitative estimate of drug-likeness (QED) is 0.694. The van der Waals surface area contributed by atoms with E-state index in [1.165, 1.54) is 0 Å². The van der Waals surface area contributed by atoms with Gasteiger partial charge in [0.05, 0.1) is 11.4 Å². The lowest BCUT2D eigenvalue weighted by Gasteiger charge is -2.40. The molecule has 0 aromatic rings. The van der Waals surface area contributed by atoms with E-state index in [1.807, 2.05) is 0 Å². The monoisotopic (exact) mass is 255 g/mol. The third-order valence-electron chi connectivity index (χ3n) is 2.86. The van der Waals surface area contributed by atoms with Gasteiger partial charge in [0, 0.05) is 19.5 Å². The molecular weight excluding hydrogens is 238 g/mol. The molecule has 90 valence electrons. The van der Waals surface area contributed by atoms with Gasteiger partial charge < -0.3 is 4.74 Å². The first-order valence-corrected chi connectivity index (χ1v) is 7.31. The van der Waals surface area contributed by atoms with Gasteiger partial charge in [-0.1, -0.05) is 0 Å². The van der Waals surface area contributed by atoms with Crippen LogP contribution >= 0.6 is 11.6 Å². The number of nitrogens with one attached hydrogen (secondary N) is 1. The third-order valence-corrected chi connectivity index (χ3v) is 4.54. The second kappa shape index (κ2) is 5.48. The Morgan fingerprint density at radius 1 is 1.47 bits per heavy atom. The molecule has 0 radical (unpaired) electrons. The summed E-state index contributed by atoms with van der Waals surface area (Å²) in [6.45, 7) is 0.383. The summed E-state index contributed by atoms with van der Waals surface area (Å²) in [6, 6.07) is 0. The SMILES string of the molecule is COC1(CNS(=O)(=O)CCCCl)CCC1. The summed E-state index contributed by atoms with van der Waals surface area (Å²) in [7, 11) is -1.55. The molecule has 4 nitrogen and oxygen atoms in total. The van der Waals surface area contributed by atoms with Crippen LogP contribution in [-0.4, -0.2) is 39.3 Å². The van der Waals surface area contributed by atoms with E-state index in [-0.39, 0.29) is 11.4 Å². The van der Waals surface area contributed by atoms with Crippen molar-refractivity contribution >= 4 is 21.6 Å². The summed E-state index contributed by atoms with van der Waals surface area (Å²) in [4.78, 5) is 0. The number of hydrogen-bond donors (Lipinski definition) is 1. The zero-order valence-corrected chi connectivity index (χ0v) is 10.5. The van der Waals surface area contributed by atoms with Crippen LogP contribution in [0.5, 0.6) is 0 Å². The van der Waals surface area contributed by atoms with Crippen molar-refractivity contribution in [3.8, 4) is 0 Å². The van der Waals surface area contributed by atoms with Crippen LogP contribution in [0.4, 0.5) is 0 Å². The number of alkyl halides is 1. The Morgan fingerprint density at radius 2 is 2.13 bits per heavy atom. The van der Waals surface area contributed by atoms with Gasteiger partial charge in [-0.25, -0.2) is 13.1 Å². The van der Waals surface area contributed by atoms with Gasteiger partial charge in [0.2, 0.25) is 10.0 Å². The van der Waals surface area contributed by atoms with Crippen LogP contribution in [0.3, 0.4) is 0 Å². The normalized spacial score (nSPS) is 19.9. The summed E-state index contributed by atoms with van der Waals surface area (Å²) in [5.74, 6) is 0.465. The Bertz CT molecular complexity index is 282. The number of rotatable bonds is 7. The van der Waals surface area contributed by atoms with E-state index in [4.69, 9.17) is 16.3 Å². The van der Waals surface area contributed by atoms with Gasteiger partial charge >= 0.3 is 0 Å². The molecule has 6 heteroatoms. The number of methoxy groups -OCH3 is 1. The molecule has 1 aliphatic carbocycles. The van der Waals surface area contributed by atoms with E-state index < -0.39 is 10.0 Å². The van der Waals surface area contributed by atoms with E-state index >= 15 is 0 Å². The highest BCUT2D eigenvalue weighted by Gasteiger charge is 2.37. The predicted octanol–water partition coefficient (Wildman–Crippen LogP) is 1.10. The molecule has 0 bridgehead atoms. The summed E-state index contributed by atoms with van der Waals surface area (Å²) in [5, 5.41) is 0. The zero-order chi connectivity index (χ0) is 11.4. The molecule has 0 amide bonds. The van der Waals surface area contributed by atoms with Gasteiger partial charge in [-0.3, -0.25) is 0 Å². The van der Waals surface area contributed by atoms with Crippen molar-refractivity contribution in [1.82, 2.24) is 4.72 Å². The average molecular weight is 256 g/mol. The van der Waals surface area contributed by atoms with Gasteiger partial charge in [-0.15, -0.1) is 11.6 Å². The van der Waals surface area contributed by atoms with Crippen molar-refractivity contribution < 1.29 is 13.2 Å². The van der Waals surface area contributed by atoms with Gasteiger partial charge in [-0.05, 0) is 25.7 Å². The Hall–Kier alpha value is 0.160. The topological polar surface area (TPSA) is 55.4 Å². The molecule has 1 aliphatic rings. The first-order valence-electron chi connectivity index (χ1n) is 5.12. The smallest absolute Gasteiger partial charge is 0.211 e. The second-order valence-corrected chi connectivity index (χ2v) is 6.23. The van der Waals surface area contributed by atoms with E-state index in [0.29, 0.717) is 18.8 Å². The van der Waals surface area contributed by atoms with Gasteiger partial charge in [0.25, 0.3) is 0 Å². The summed E-state index contributed by atoms with van der Waals surface area (Å²) in [6.07, 6.45) is 3.46. The molecule has 1 fully saturated rings. The highest BCUT2D eigenvalue weighted by molar-refractivity contribution is 7.89. The fourth-order valence-corrected chi connectivity index (χ4v) is 3.03. The van der Waals surface area contributed by atoms with Crippen molar-refractivity contribution in [2.75, 3.05) is 25.3 Å². The lowest BCUT2D eigenvalue weighted by atomic mass is 9.80. The second-order valence-electron chi connectivity index (χ2n) is 3.92.